The average molecular weight is 352 g/mol. The van der Waals surface area contributed by atoms with Crippen LogP contribution in [0.4, 0.5) is 17.2 Å². The number of pyridine rings is 1. The van der Waals surface area contributed by atoms with Crippen LogP contribution in [0, 0.1) is 0 Å². The summed E-state index contributed by atoms with van der Waals surface area (Å²) in [7, 11) is 6.18. The van der Waals surface area contributed by atoms with Gasteiger partial charge in [0.15, 0.2) is 5.82 Å². The maximum atomic E-state index is 6.53. The van der Waals surface area contributed by atoms with Gasteiger partial charge in [-0.3, -0.25) is 4.99 Å². The van der Waals surface area contributed by atoms with Gasteiger partial charge in [-0.05, 0) is 20.2 Å². The molecule has 138 valence electrons. The number of nitrogens with one attached hydrogen (secondary N) is 1. The largest absolute Gasteiger partial charge is 0.394 e. The SMILES string of the molecule is CN(C)CCN(C)c1nc2ccccc2c(NCCC2=CCC=N2)c1N. The Hall–Kier alpha value is -2.60. The lowest BCUT2D eigenvalue weighted by Gasteiger charge is -2.24. The number of benzene rings is 1. The molecular formula is C20H28N6. The highest BCUT2D eigenvalue weighted by molar-refractivity contribution is 6.01. The summed E-state index contributed by atoms with van der Waals surface area (Å²) in [5.74, 6) is 0.825. The molecule has 2 aromatic rings. The number of hydrogen-bond donors (Lipinski definition) is 2. The maximum absolute atomic E-state index is 6.53. The first kappa shape index (κ1) is 18.2. The average Bonchev–Trinajstić information content (AvgIpc) is 3.14. The Bertz CT molecular complexity index is 824. The van der Waals surface area contributed by atoms with Gasteiger partial charge < -0.3 is 20.9 Å². The number of para-hydroxylation sites is 1. The van der Waals surface area contributed by atoms with Crippen molar-refractivity contribution in [2.24, 2.45) is 4.99 Å². The van der Waals surface area contributed by atoms with Crippen molar-refractivity contribution < 1.29 is 0 Å². The van der Waals surface area contributed by atoms with Crippen LogP contribution < -0.4 is 16.0 Å². The Morgan fingerprint density at radius 1 is 1.15 bits per heavy atom. The number of aromatic nitrogens is 1. The molecule has 0 spiro atoms. The van der Waals surface area contributed by atoms with Crippen LogP contribution in [-0.4, -0.2) is 56.9 Å². The van der Waals surface area contributed by atoms with Crippen LogP contribution in [0.25, 0.3) is 10.9 Å². The highest BCUT2D eigenvalue weighted by Gasteiger charge is 2.15. The van der Waals surface area contributed by atoms with Gasteiger partial charge in [0, 0.05) is 56.8 Å². The first-order valence-electron chi connectivity index (χ1n) is 9.06. The van der Waals surface area contributed by atoms with Gasteiger partial charge in [-0.25, -0.2) is 4.98 Å². The van der Waals surface area contributed by atoms with Crippen LogP contribution >= 0.6 is 0 Å². The lowest BCUT2D eigenvalue weighted by molar-refractivity contribution is 0.416. The van der Waals surface area contributed by atoms with Crippen LogP contribution in [0.15, 0.2) is 41.0 Å². The number of anilines is 3. The molecule has 0 radical (unpaired) electrons. The van der Waals surface area contributed by atoms with Crippen molar-refractivity contribution in [3.8, 4) is 0 Å². The Balaban J connectivity index is 1.86. The Labute approximate surface area is 155 Å². The van der Waals surface area contributed by atoms with E-state index in [4.69, 9.17) is 10.7 Å². The van der Waals surface area contributed by atoms with Gasteiger partial charge in [-0.15, -0.1) is 0 Å². The molecule has 6 nitrogen and oxygen atoms in total. The van der Waals surface area contributed by atoms with Crippen molar-refractivity contribution in [3.63, 3.8) is 0 Å². The summed E-state index contributed by atoms with van der Waals surface area (Å²) in [5, 5.41) is 4.58. The van der Waals surface area contributed by atoms with E-state index in [9.17, 15) is 0 Å². The number of hydrogen-bond acceptors (Lipinski definition) is 6. The van der Waals surface area contributed by atoms with Crippen LogP contribution in [0.5, 0.6) is 0 Å². The van der Waals surface area contributed by atoms with E-state index in [0.717, 1.165) is 60.6 Å². The molecule has 0 amide bonds. The van der Waals surface area contributed by atoms with Crippen molar-refractivity contribution in [1.82, 2.24) is 9.88 Å². The summed E-state index contributed by atoms with van der Waals surface area (Å²) in [4.78, 5) is 13.5. The lowest BCUT2D eigenvalue weighted by atomic mass is 10.1. The predicted octanol–water partition coefficient (Wildman–Crippen LogP) is 2.98. The fraction of sp³-hybridized carbons (Fsp3) is 0.400. The first-order valence-corrected chi connectivity index (χ1v) is 9.06. The van der Waals surface area contributed by atoms with E-state index < -0.39 is 0 Å². The Morgan fingerprint density at radius 2 is 1.96 bits per heavy atom. The molecule has 2 heterocycles. The molecule has 6 heteroatoms. The second-order valence-corrected chi connectivity index (χ2v) is 6.89. The van der Waals surface area contributed by atoms with Crippen molar-refractivity contribution >= 4 is 34.3 Å². The second kappa shape index (κ2) is 8.19. The van der Waals surface area contributed by atoms with Gasteiger partial charge in [0.1, 0.15) is 0 Å². The summed E-state index contributed by atoms with van der Waals surface area (Å²) < 4.78 is 0. The molecule has 0 aliphatic carbocycles. The number of likely N-dealkylation sites (N-methyl/N-ethyl adjacent to an activating group) is 2. The molecule has 0 unspecified atom stereocenters. The van der Waals surface area contributed by atoms with E-state index in [-0.39, 0.29) is 0 Å². The Morgan fingerprint density at radius 3 is 2.69 bits per heavy atom. The smallest absolute Gasteiger partial charge is 0.154 e. The third kappa shape index (κ3) is 4.14. The molecule has 26 heavy (non-hydrogen) atoms. The van der Waals surface area contributed by atoms with Crippen molar-refractivity contribution in [1.29, 1.82) is 0 Å². The molecule has 0 atom stereocenters. The molecule has 1 aliphatic heterocycles. The second-order valence-electron chi connectivity index (χ2n) is 6.89. The van der Waals surface area contributed by atoms with Crippen LogP contribution in [0.1, 0.15) is 12.8 Å². The van der Waals surface area contributed by atoms with Crippen molar-refractivity contribution in [3.05, 3.63) is 36.0 Å². The highest BCUT2D eigenvalue weighted by Crippen LogP contribution is 2.35. The zero-order valence-corrected chi connectivity index (χ0v) is 15.9. The zero-order chi connectivity index (χ0) is 18.5. The van der Waals surface area contributed by atoms with Gasteiger partial charge in [-0.2, -0.15) is 0 Å². The molecule has 1 aliphatic rings. The van der Waals surface area contributed by atoms with E-state index in [2.05, 4.69) is 46.3 Å². The number of fused-ring (bicyclic) bond motifs is 1. The number of nitrogens with zero attached hydrogens (tertiary/aromatic N) is 4. The summed E-state index contributed by atoms with van der Waals surface area (Å²) in [5.41, 5.74) is 10.3. The topological polar surface area (TPSA) is 69.8 Å². The molecule has 1 aromatic heterocycles. The quantitative estimate of drug-likeness (QED) is 0.764. The first-order chi connectivity index (χ1) is 12.6. The molecule has 0 fully saturated rings. The summed E-state index contributed by atoms with van der Waals surface area (Å²) in [6.07, 6.45) is 5.94. The monoisotopic (exact) mass is 352 g/mol. The fourth-order valence-electron chi connectivity index (χ4n) is 3.04. The molecule has 0 saturated heterocycles. The van der Waals surface area contributed by atoms with Crippen LogP contribution in [-0.2, 0) is 0 Å². The third-order valence-corrected chi connectivity index (χ3v) is 4.55. The van der Waals surface area contributed by atoms with Crippen molar-refractivity contribution in [2.45, 2.75) is 12.8 Å². The van der Waals surface area contributed by atoms with E-state index in [1.807, 2.05) is 31.5 Å². The van der Waals surface area contributed by atoms with Gasteiger partial charge in [0.25, 0.3) is 0 Å². The zero-order valence-electron chi connectivity index (χ0n) is 15.9. The minimum atomic E-state index is 0.703. The standard InChI is InChI=1S/C20H28N6/c1-25(2)13-14-26(3)20-18(21)19(16-8-4-5-9-17(16)24-20)23-12-10-15-7-6-11-22-15/h4-5,7-9,11H,6,10,12-14,21H2,1-3H3,(H,23,24). The number of nitrogens with two attached hydrogens (primary N) is 1. The molecule has 0 bridgehead atoms. The number of allylic oxidation sites excluding steroid dienone is 1. The minimum absolute atomic E-state index is 0.703. The molecule has 3 N–H and O–H groups in total. The number of rotatable bonds is 8. The molecule has 3 rings (SSSR count). The maximum Gasteiger partial charge on any atom is 0.154 e. The molecule has 1 aromatic carbocycles. The normalized spacial score (nSPS) is 13.5. The van der Waals surface area contributed by atoms with Gasteiger partial charge in [0.05, 0.1) is 16.9 Å². The molecular weight excluding hydrogens is 324 g/mol. The lowest BCUT2D eigenvalue weighted by Crippen LogP contribution is -2.29. The summed E-state index contributed by atoms with van der Waals surface area (Å²) in [6.45, 7) is 2.60. The van der Waals surface area contributed by atoms with Gasteiger partial charge in [0.2, 0.25) is 0 Å². The van der Waals surface area contributed by atoms with Crippen LogP contribution in [0.2, 0.25) is 0 Å². The van der Waals surface area contributed by atoms with Gasteiger partial charge in [-0.1, -0.05) is 24.3 Å². The van der Waals surface area contributed by atoms with Crippen molar-refractivity contribution in [2.75, 3.05) is 56.7 Å². The fourth-order valence-corrected chi connectivity index (χ4v) is 3.04. The van der Waals surface area contributed by atoms with E-state index >= 15 is 0 Å². The van der Waals surface area contributed by atoms with E-state index in [1.165, 1.54) is 0 Å². The predicted molar refractivity (Wildman–Crippen MR) is 112 cm³/mol. The van der Waals surface area contributed by atoms with Crippen LogP contribution in [0.3, 0.4) is 0 Å². The number of aliphatic imine (C=N–C) groups is 1. The number of nitrogen functional groups attached to an aromatic ring is 1. The highest BCUT2D eigenvalue weighted by atomic mass is 15.2. The van der Waals surface area contributed by atoms with E-state index in [1.54, 1.807) is 0 Å². The third-order valence-electron chi connectivity index (χ3n) is 4.55. The summed E-state index contributed by atoms with van der Waals surface area (Å²) >= 11 is 0. The Kier molecular flexibility index (Phi) is 5.73. The minimum Gasteiger partial charge on any atom is -0.394 e. The van der Waals surface area contributed by atoms with E-state index in [0.29, 0.717) is 5.69 Å². The van der Waals surface area contributed by atoms with Gasteiger partial charge >= 0.3 is 0 Å². The molecule has 0 saturated carbocycles. The summed E-state index contributed by atoms with van der Waals surface area (Å²) in [6, 6.07) is 8.13.